The second-order valence-corrected chi connectivity index (χ2v) is 8.59. The molecule has 0 spiro atoms. The molecular weight excluding hydrogens is 474 g/mol. The summed E-state index contributed by atoms with van der Waals surface area (Å²) in [4.78, 5) is 35.8. The van der Waals surface area contributed by atoms with E-state index in [9.17, 15) is 19.8 Å². The lowest BCUT2D eigenvalue weighted by Gasteiger charge is -2.24. The quantitative estimate of drug-likeness (QED) is 0.201. The van der Waals surface area contributed by atoms with E-state index in [-0.39, 0.29) is 28.8 Å². The number of phenolic OH excluding ortho intramolecular Hbond substituents is 1. The van der Waals surface area contributed by atoms with Crippen LogP contribution in [0, 0.1) is 6.92 Å². The van der Waals surface area contributed by atoms with Gasteiger partial charge in [0, 0.05) is 5.56 Å². The third-order valence-corrected chi connectivity index (χ3v) is 6.34. The van der Waals surface area contributed by atoms with Gasteiger partial charge in [0.05, 0.1) is 36.4 Å². The molecule has 1 fully saturated rings. The van der Waals surface area contributed by atoms with Crippen LogP contribution in [-0.2, 0) is 9.59 Å². The lowest BCUT2D eigenvalue weighted by Crippen LogP contribution is -2.30. The Morgan fingerprint density at radius 2 is 1.89 bits per heavy atom. The molecule has 0 radical (unpaired) electrons. The summed E-state index contributed by atoms with van der Waals surface area (Å²) in [6, 6.07) is 15.8. The molecule has 1 saturated heterocycles. The van der Waals surface area contributed by atoms with Crippen LogP contribution in [0.4, 0.5) is 5.95 Å². The van der Waals surface area contributed by atoms with Crippen LogP contribution in [0.1, 0.15) is 29.7 Å². The topological polar surface area (TPSA) is 125 Å². The Balaban J connectivity index is 1.75. The number of aromatic amines is 1. The average Bonchev–Trinajstić information content (AvgIpc) is 3.43. The van der Waals surface area contributed by atoms with E-state index < -0.39 is 17.7 Å². The highest BCUT2D eigenvalue weighted by Gasteiger charge is 2.48. The maximum atomic E-state index is 13.5. The molecule has 9 nitrogen and oxygen atoms in total. The summed E-state index contributed by atoms with van der Waals surface area (Å²) in [5.74, 6) is -1.17. The van der Waals surface area contributed by atoms with Crippen molar-refractivity contribution in [2.45, 2.75) is 19.9 Å². The first-order valence-electron chi connectivity index (χ1n) is 11.7. The van der Waals surface area contributed by atoms with Gasteiger partial charge in [0.15, 0.2) is 11.5 Å². The number of imidazole rings is 1. The highest BCUT2D eigenvalue weighted by molar-refractivity contribution is 6.51. The lowest BCUT2D eigenvalue weighted by atomic mass is 9.93. The fourth-order valence-corrected chi connectivity index (χ4v) is 4.57. The third kappa shape index (κ3) is 4.04. The van der Waals surface area contributed by atoms with Gasteiger partial charge in [0.2, 0.25) is 5.95 Å². The fourth-order valence-electron chi connectivity index (χ4n) is 4.57. The maximum absolute atomic E-state index is 13.5. The van der Waals surface area contributed by atoms with E-state index in [0.717, 1.165) is 0 Å². The molecule has 3 aromatic carbocycles. The molecule has 4 aromatic rings. The van der Waals surface area contributed by atoms with Gasteiger partial charge in [-0.1, -0.05) is 18.2 Å². The number of carbonyl (C=O) groups excluding carboxylic acids is 2. The van der Waals surface area contributed by atoms with Gasteiger partial charge in [0.1, 0.15) is 11.5 Å². The summed E-state index contributed by atoms with van der Waals surface area (Å²) >= 11 is 0. The Bertz CT molecular complexity index is 1540. The van der Waals surface area contributed by atoms with Gasteiger partial charge in [-0.15, -0.1) is 0 Å². The summed E-state index contributed by atoms with van der Waals surface area (Å²) in [6.07, 6.45) is 0. The summed E-state index contributed by atoms with van der Waals surface area (Å²) in [5, 5.41) is 21.7. The number of nitrogens with one attached hydrogen (secondary N) is 1. The van der Waals surface area contributed by atoms with E-state index in [1.807, 2.05) is 18.2 Å². The van der Waals surface area contributed by atoms with Crippen molar-refractivity contribution >= 4 is 34.4 Å². The van der Waals surface area contributed by atoms with E-state index in [2.05, 4.69) is 9.97 Å². The number of aromatic nitrogens is 2. The van der Waals surface area contributed by atoms with Crippen LogP contribution >= 0.6 is 0 Å². The summed E-state index contributed by atoms with van der Waals surface area (Å²) in [7, 11) is 1.54. The van der Waals surface area contributed by atoms with Gasteiger partial charge in [-0.25, -0.2) is 4.98 Å². The van der Waals surface area contributed by atoms with Gasteiger partial charge in [-0.2, -0.15) is 0 Å². The molecule has 2 heterocycles. The number of aliphatic hydroxyl groups is 1. The number of benzene rings is 3. The molecule has 1 aliphatic heterocycles. The number of hydrogen-bond acceptors (Lipinski definition) is 7. The van der Waals surface area contributed by atoms with Crippen molar-refractivity contribution in [1.82, 2.24) is 9.97 Å². The SMILES string of the molecule is CCOc1cc(C2/C(=C(\O)c3ccc(OC)cc3C)C(=O)C(=O)N2c2nc3ccccc3[nH]2)ccc1O. The van der Waals surface area contributed by atoms with Crippen molar-refractivity contribution in [3.8, 4) is 17.2 Å². The Labute approximate surface area is 212 Å². The molecule has 0 aliphatic carbocycles. The highest BCUT2D eigenvalue weighted by Crippen LogP contribution is 2.44. The molecule has 1 atom stereocenters. The number of carbonyl (C=O) groups is 2. The zero-order chi connectivity index (χ0) is 26.3. The van der Waals surface area contributed by atoms with Crippen molar-refractivity contribution < 1.29 is 29.3 Å². The Morgan fingerprint density at radius 1 is 1.11 bits per heavy atom. The van der Waals surface area contributed by atoms with Crippen molar-refractivity contribution in [2.24, 2.45) is 0 Å². The Hall–Kier alpha value is -4.79. The largest absolute Gasteiger partial charge is 0.507 e. The first kappa shape index (κ1) is 23.9. The van der Waals surface area contributed by atoms with E-state index in [1.165, 1.54) is 18.1 Å². The molecule has 1 amide bonds. The van der Waals surface area contributed by atoms with Crippen molar-refractivity contribution in [1.29, 1.82) is 0 Å². The average molecular weight is 500 g/mol. The minimum absolute atomic E-state index is 0.0858. The fraction of sp³-hybridized carbons (Fsp3) is 0.179. The van der Waals surface area contributed by atoms with Crippen LogP contribution in [0.25, 0.3) is 16.8 Å². The second kappa shape index (κ2) is 9.34. The van der Waals surface area contributed by atoms with E-state index in [0.29, 0.717) is 40.1 Å². The first-order valence-corrected chi connectivity index (χ1v) is 11.7. The molecule has 188 valence electrons. The van der Waals surface area contributed by atoms with Crippen LogP contribution in [0.2, 0.25) is 0 Å². The molecule has 37 heavy (non-hydrogen) atoms. The Kier molecular flexibility index (Phi) is 6.04. The number of rotatable bonds is 6. The number of Topliss-reactive ketones (excluding diaryl/α,β-unsaturated/α-hetero) is 1. The van der Waals surface area contributed by atoms with Crippen LogP contribution < -0.4 is 14.4 Å². The molecule has 1 aliphatic rings. The standard InChI is InChI=1S/C28H25N3O6/c1-4-37-22-14-16(9-12-21(22)32)24-23(25(33)18-11-10-17(36-3)13-15(18)2)26(34)27(35)31(24)28-29-19-7-5-6-8-20(19)30-28/h5-14,24,32-33H,4H2,1-3H3,(H,29,30)/b25-23+. The second-order valence-electron chi connectivity index (χ2n) is 8.59. The van der Waals surface area contributed by atoms with E-state index >= 15 is 0 Å². The molecule has 0 bridgehead atoms. The number of nitrogens with zero attached hydrogens (tertiary/aromatic N) is 2. The first-order chi connectivity index (χ1) is 17.8. The van der Waals surface area contributed by atoms with E-state index in [4.69, 9.17) is 9.47 Å². The summed E-state index contributed by atoms with van der Waals surface area (Å²) < 4.78 is 10.8. The van der Waals surface area contributed by atoms with Crippen LogP contribution in [0.15, 0.2) is 66.2 Å². The predicted octanol–water partition coefficient (Wildman–Crippen LogP) is 4.61. The number of hydrogen-bond donors (Lipinski definition) is 3. The molecule has 3 N–H and O–H groups in total. The number of aryl methyl sites for hydroxylation is 1. The van der Waals surface area contributed by atoms with Crippen LogP contribution in [0.3, 0.4) is 0 Å². The third-order valence-electron chi connectivity index (χ3n) is 6.34. The van der Waals surface area contributed by atoms with Crippen molar-refractivity contribution in [2.75, 3.05) is 18.6 Å². The number of anilines is 1. The number of ketones is 1. The summed E-state index contributed by atoms with van der Waals surface area (Å²) in [6.45, 7) is 3.85. The van der Waals surface area contributed by atoms with Crippen molar-refractivity contribution in [3.05, 3.63) is 82.9 Å². The van der Waals surface area contributed by atoms with Gasteiger partial charge in [-0.05, 0) is 67.4 Å². The molecule has 1 aromatic heterocycles. The van der Waals surface area contributed by atoms with Gasteiger partial charge in [-0.3, -0.25) is 14.5 Å². The van der Waals surface area contributed by atoms with Crippen LogP contribution in [-0.4, -0.2) is 45.6 Å². The number of para-hydroxylation sites is 2. The predicted molar refractivity (Wildman–Crippen MR) is 138 cm³/mol. The smallest absolute Gasteiger partial charge is 0.302 e. The summed E-state index contributed by atoms with van der Waals surface area (Å²) in [5.41, 5.74) is 2.69. The Morgan fingerprint density at radius 3 is 2.59 bits per heavy atom. The number of ether oxygens (including phenoxy) is 2. The van der Waals surface area contributed by atoms with E-state index in [1.54, 1.807) is 50.2 Å². The van der Waals surface area contributed by atoms with Crippen molar-refractivity contribution in [3.63, 3.8) is 0 Å². The minimum Gasteiger partial charge on any atom is -0.507 e. The normalized spacial score (nSPS) is 16.9. The number of aromatic hydroxyl groups is 1. The number of methoxy groups -OCH3 is 1. The number of H-pyrrole nitrogens is 1. The number of amides is 1. The number of fused-ring (bicyclic) bond motifs is 1. The minimum atomic E-state index is -1.04. The zero-order valence-electron chi connectivity index (χ0n) is 20.5. The zero-order valence-corrected chi connectivity index (χ0v) is 20.5. The number of aliphatic hydroxyl groups excluding tert-OH is 1. The lowest BCUT2D eigenvalue weighted by molar-refractivity contribution is -0.132. The maximum Gasteiger partial charge on any atom is 0.302 e. The molecular formula is C28H25N3O6. The van der Waals surface area contributed by atoms with Gasteiger partial charge in [0.25, 0.3) is 5.78 Å². The molecule has 5 rings (SSSR count). The monoisotopic (exact) mass is 499 g/mol. The molecule has 9 heteroatoms. The van der Waals surface area contributed by atoms with Gasteiger partial charge < -0.3 is 24.7 Å². The van der Waals surface area contributed by atoms with Gasteiger partial charge >= 0.3 is 5.91 Å². The highest BCUT2D eigenvalue weighted by atomic mass is 16.5. The van der Waals surface area contributed by atoms with Crippen LogP contribution in [0.5, 0.6) is 17.2 Å². The molecule has 1 unspecified atom stereocenters. The molecule has 0 saturated carbocycles. The number of phenols is 1.